The molecule has 0 saturated carbocycles. The zero-order chi connectivity index (χ0) is 28.6. The molecule has 0 bridgehead atoms. The lowest BCUT2D eigenvalue weighted by Gasteiger charge is -2.34. The molecule has 2 atom stereocenters. The van der Waals surface area contributed by atoms with E-state index in [1.807, 2.05) is 57.2 Å². The number of hydrogen-bond acceptors (Lipinski definition) is 4. The van der Waals surface area contributed by atoms with Crippen LogP contribution in [0.15, 0.2) is 78.9 Å². The minimum Gasteiger partial charge on any atom is -0.352 e. The van der Waals surface area contributed by atoms with E-state index in [1.165, 1.54) is 4.90 Å². The summed E-state index contributed by atoms with van der Waals surface area (Å²) in [6.45, 7) is 5.34. The molecule has 208 valence electrons. The normalized spacial score (nSPS) is 12.8. The molecule has 0 heterocycles. The lowest BCUT2D eigenvalue weighted by Crippen LogP contribution is -2.54. The molecule has 0 saturated heterocycles. The fourth-order valence-electron chi connectivity index (χ4n) is 4.13. The second-order valence-corrected chi connectivity index (χ2v) is 12.1. The van der Waals surface area contributed by atoms with Gasteiger partial charge in [-0.1, -0.05) is 84.8 Å². The van der Waals surface area contributed by atoms with Gasteiger partial charge in [-0.2, -0.15) is 0 Å². The minimum absolute atomic E-state index is 0.0371. The smallest absolute Gasteiger partial charge is 0.244 e. The highest BCUT2D eigenvalue weighted by Crippen LogP contribution is 2.23. The number of nitrogens with one attached hydrogen (secondary N) is 1. The van der Waals surface area contributed by atoms with Gasteiger partial charge in [0.05, 0.1) is 11.9 Å². The highest BCUT2D eigenvalue weighted by Gasteiger charge is 2.33. The van der Waals surface area contributed by atoms with Crippen LogP contribution in [0.25, 0.3) is 0 Å². The molecule has 39 heavy (non-hydrogen) atoms. The van der Waals surface area contributed by atoms with Gasteiger partial charge in [-0.25, -0.2) is 8.42 Å². The topological polar surface area (TPSA) is 86.8 Å². The molecule has 9 heteroatoms. The molecule has 0 aliphatic carbocycles. The Bertz CT molecular complexity index is 1360. The number of hydrogen-bond donors (Lipinski definition) is 1. The van der Waals surface area contributed by atoms with Crippen molar-refractivity contribution in [2.75, 3.05) is 17.1 Å². The van der Waals surface area contributed by atoms with E-state index in [1.54, 1.807) is 42.5 Å². The molecule has 0 radical (unpaired) electrons. The van der Waals surface area contributed by atoms with E-state index in [9.17, 15) is 18.0 Å². The van der Waals surface area contributed by atoms with Crippen molar-refractivity contribution in [3.8, 4) is 0 Å². The standard InChI is InChI=1S/C30H36ClN3O4S/c1-5-23(3)32-30(36)28(19-24-11-7-6-8-12-24)33(20-25-13-9-10-14-27(25)31)29(35)21-34(39(4,37)38)26-17-15-22(2)16-18-26/h6-18,23,28H,5,19-21H2,1-4H3,(H,32,36)/t23-,28+/m0/s1. The van der Waals surface area contributed by atoms with Crippen LogP contribution >= 0.6 is 11.6 Å². The summed E-state index contributed by atoms with van der Waals surface area (Å²) in [4.78, 5) is 29.1. The van der Waals surface area contributed by atoms with Crippen LogP contribution in [-0.2, 0) is 32.6 Å². The number of sulfonamides is 1. The first-order chi connectivity index (χ1) is 18.5. The van der Waals surface area contributed by atoms with Crippen LogP contribution in [-0.4, -0.2) is 50.0 Å². The lowest BCUT2D eigenvalue weighted by molar-refractivity contribution is -0.140. The maximum Gasteiger partial charge on any atom is 0.244 e. The van der Waals surface area contributed by atoms with Crippen molar-refractivity contribution in [3.63, 3.8) is 0 Å². The summed E-state index contributed by atoms with van der Waals surface area (Å²) in [5, 5.41) is 3.46. The maximum atomic E-state index is 14.0. The first kappa shape index (κ1) is 30.2. The summed E-state index contributed by atoms with van der Waals surface area (Å²) >= 11 is 6.47. The van der Waals surface area contributed by atoms with Gasteiger partial charge >= 0.3 is 0 Å². The number of aryl methyl sites for hydroxylation is 1. The van der Waals surface area contributed by atoms with E-state index < -0.39 is 28.5 Å². The highest BCUT2D eigenvalue weighted by molar-refractivity contribution is 7.92. The summed E-state index contributed by atoms with van der Waals surface area (Å²) in [6, 6.07) is 22.5. The molecule has 0 aliphatic rings. The molecule has 1 N–H and O–H groups in total. The quantitative estimate of drug-likeness (QED) is 0.334. The summed E-state index contributed by atoms with van der Waals surface area (Å²) in [7, 11) is -3.81. The molecule has 0 fully saturated rings. The first-order valence-corrected chi connectivity index (χ1v) is 15.1. The molecule has 3 aromatic carbocycles. The summed E-state index contributed by atoms with van der Waals surface area (Å²) < 4.78 is 26.7. The average molecular weight is 570 g/mol. The van der Waals surface area contributed by atoms with Gasteiger partial charge in [-0.3, -0.25) is 13.9 Å². The van der Waals surface area contributed by atoms with Crippen molar-refractivity contribution in [2.45, 2.75) is 52.2 Å². The van der Waals surface area contributed by atoms with Crippen molar-refractivity contribution < 1.29 is 18.0 Å². The molecule has 7 nitrogen and oxygen atoms in total. The monoisotopic (exact) mass is 569 g/mol. The van der Waals surface area contributed by atoms with Crippen LogP contribution < -0.4 is 9.62 Å². The van der Waals surface area contributed by atoms with Gasteiger partial charge in [0.1, 0.15) is 12.6 Å². The number of benzene rings is 3. The van der Waals surface area contributed by atoms with E-state index in [0.29, 0.717) is 16.3 Å². The van der Waals surface area contributed by atoms with E-state index in [2.05, 4.69) is 5.32 Å². The van der Waals surface area contributed by atoms with Crippen molar-refractivity contribution in [1.29, 1.82) is 0 Å². The van der Waals surface area contributed by atoms with E-state index in [0.717, 1.165) is 28.1 Å². The molecule has 0 aliphatic heterocycles. The second-order valence-electron chi connectivity index (χ2n) is 9.74. The van der Waals surface area contributed by atoms with Crippen molar-refractivity contribution in [3.05, 3.63) is 101 Å². The predicted octanol–water partition coefficient (Wildman–Crippen LogP) is 4.97. The van der Waals surface area contributed by atoms with Gasteiger partial charge in [0, 0.05) is 24.0 Å². The predicted molar refractivity (Wildman–Crippen MR) is 157 cm³/mol. The third-order valence-corrected chi connectivity index (χ3v) is 8.08. The number of carbonyl (C=O) groups is 2. The Morgan fingerprint density at radius 2 is 1.56 bits per heavy atom. The fourth-order valence-corrected chi connectivity index (χ4v) is 5.18. The molecular formula is C30H36ClN3O4S. The van der Waals surface area contributed by atoms with Gasteiger partial charge in [0.25, 0.3) is 0 Å². The van der Waals surface area contributed by atoms with Crippen molar-refractivity contribution in [2.24, 2.45) is 0 Å². The van der Waals surface area contributed by atoms with Crippen LogP contribution in [0.1, 0.15) is 37.0 Å². The number of halogens is 1. The van der Waals surface area contributed by atoms with Gasteiger partial charge in [-0.05, 0) is 49.6 Å². The van der Waals surface area contributed by atoms with Crippen LogP contribution in [0, 0.1) is 6.92 Å². The largest absolute Gasteiger partial charge is 0.352 e. The number of amides is 2. The molecule has 3 rings (SSSR count). The summed E-state index contributed by atoms with van der Waals surface area (Å²) in [5.41, 5.74) is 2.86. The third kappa shape index (κ3) is 8.57. The minimum atomic E-state index is -3.81. The molecule has 3 aromatic rings. The number of anilines is 1. The first-order valence-electron chi connectivity index (χ1n) is 12.9. The Labute approximate surface area is 236 Å². The van der Waals surface area contributed by atoms with Gasteiger partial charge in [0.15, 0.2) is 0 Å². The van der Waals surface area contributed by atoms with Crippen molar-refractivity contribution in [1.82, 2.24) is 10.2 Å². The highest BCUT2D eigenvalue weighted by atomic mass is 35.5. The molecule has 0 aromatic heterocycles. The van der Waals surface area contributed by atoms with Crippen LogP contribution in [0.2, 0.25) is 5.02 Å². The zero-order valence-electron chi connectivity index (χ0n) is 22.8. The zero-order valence-corrected chi connectivity index (χ0v) is 24.4. The Kier molecular flexibility index (Phi) is 10.5. The molecular weight excluding hydrogens is 534 g/mol. The Balaban J connectivity index is 2.06. The Hall–Kier alpha value is -3.36. The third-order valence-electron chi connectivity index (χ3n) is 6.57. The number of carbonyl (C=O) groups excluding carboxylic acids is 2. The van der Waals surface area contributed by atoms with Gasteiger partial charge in [-0.15, -0.1) is 0 Å². The van der Waals surface area contributed by atoms with E-state index >= 15 is 0 Å². The average Bonchev–Trinajstić information content (AvgIpc) is 2.90. The molecule has 0 unspecified atom stereocenters. The maximum absolute atomic E-state index is 14.0. The number of nitrogens with zero attached hydrogens (tertiary/aromatic N) is 2. The van der Waals surface area contributed by atoms with Crippen molar-refractivity contribution >= 4 is 39.1 Å². The van der Waals surface area contributed by atoms with Crippen LogP contribution in [0.3, 0.4) is 0 Å². The van der Waals surface area contributed by atoms with E-state index in [4.69, 9.17) is 11.6 Å². The van der Waals surface area contributed by atoms with Crippen LogP contribution in [0.4, 0.5) is 5.69 Å². The van der Waals surface area contributed by atoms with E-state index in [-0.39, 0.29) is 24.9 Å². The Morgan fingerprint density at radius 3 is 2.15 bits per heavy atom. The number of rotatable bonds is 12. The lowest BCUT2D eigenvalue weighted by atomic mass is 10.0. The summed E-state index contributed by atoms with van der Waals surface area (Å²) in [5.74, 6) is -0.823. The Morgan fingerprint density at radius 1 is 0.949 bits per heavy atom. The van der Waals surface area contributed by atoms with Crippen LogP contribution in [0.5, 0.6) is 0 Å². The SMILES string of the molecule is CC[C@H](C)NC(=O)[C@@H](Cc1ccccc1)N(Cc1ccccc1Cl)C(=O)CN(c1ccc(C)cc1)S(C)(=O)=O. The van der Waals surface area contributed by atoms with Gasteiger partial charge in [0.2, 0.25) is 21.8 Å². The summed E-state index contributed by atoms with van der Waals surface area (Å²) in [6.07, 6.45) is 2.04. The molecule has 2 amide bonds. The molecule has 0 spiro atoms. The second kappa shape index (κ2) is 13.6. The van der Waals surface area contributed by atoms with Gasteiger partial charge < -0.3 is 10.2 Å². The fraction of sp³-hybridized carbons (Fsp3) is 0.333.